The number of hydrogen-bond acceptors (Lipinski definition) is 3. The molecule has 3 nitrogen and oxygen atoms in total. The Labute approximate surface area is 97.7 Å². The van der Waals surface area contributed by atoms with Crippen molar-refractivity contribution in [3.8, 4) is 0 Å². The van der Waals surface area contributed by atoms with Crippen LogP contribution < -0.4 is 10.6 Å². The molecule has 2 N–H and O–H groups in total. The number of rotatable bonds is 2. The topological polar surface area (TPSA) is 42.2 Å². The first-order valence-electron chi connectivity index (χ1n) is 6.13. The van der Waals surface area contributed by atoms with Crippen LogP contribution in [0.1, 0.15) is 32.4 Å². The van der Waals surface area contributed by atoms with Crippen LogP contribution in [-0.4, -0.2) is 17.6 Å². The lowest BCUT2D eigenvalue weighted by molar-refractivity contribution is 0.389. The summed E-state index contributed by atoms with van der Waals surface area (Å²) in [5.41, 5.74) is 7.99. The number of pyridine rings is 1. The highest BCUT2D eigenvalue weighted by Crippen LogP contribution is 2.28. The molecule has 1 fully saturated rings. The number of hydrogen-bond donors (Lipinski definition) is 1. The van der Waals surface area contributed by atoms with Gasteiger partial charge in [-0.1, -0.05) is 6.92 Å². The Morgan fingerprint density at radius 1 is 1.44 bits per heavy atom. The molecule has 2 unspecified atom stereocenters. The van der Waals surface area contributed by atoms with E-state index < -0.39 is 0 Å². The van der Waals surface area contributed by atoms with Crippen LogP contribution in [0.2, 0.25) is 0 Å². The highest BCUT2D eigenvalue weighted by Gasteiger charge is 2.24. The van der Waals surface area contributed by atoms with E-state index in [0.717, 1.165) is 18.2 Å². The molecular formula is C13H21N3. The van der Waals surface area contributed by atoms with Gasteiger partial charge in [0.25, 0.3) is 0 Å². The molecule has 2 heterocycles. The van der Waals surface area contributed by atoms with Crippen molar-refractivity contribution in [2.45, 2.75) is 39.3 Å². The Balaban J connectivity index is 2.27. The maximum Gasteiger partial charge on any atom is 0.0772 e. The summed E-state index contributed by atoms with van der Waals surface area (Å²) in [5.74, 6) is 0.766. The zero-order valence-corrected chi connectivity index (χ0v) is 10.2. The molecular weight excluding hydrogens is 198 g/mol. The predicted molar refractivity (Wildman–Crippen MR) is 67.3 cm³/mol. The molecule has 1 saturated heterocycles. The molecule has 2 atom stereocenters. The average Bonchev–Trinajstić information content (AvgIpc) is 2.32. The van der Waals surface area contributed by atoms with E-state index >= 15 is 0 Å². The first-order valence-corrected chi connectivity index (χ1v) is 6.13. The van der Waals surface area contributed by atoms with Crippen molar-refractivity contribution in [1.29, 1.82) is 0 Å². The lowest BCUT2D eigenvalue weighted by Crippen LogP contribution is -2.41. The molecule has 0 spiro atoms. The van der Waals surface area contributed by atoms with Crippen molar-refractivity contribution in [3.05, 3.63) is 24.0 Å². The molecule has 0 saturated carbocycles. The summed E-state index contributed by atoms with van der Waals surface area (Å²) in [7, 11) is 0. The fourth-order valence-corrected chi connectivity index (χ4v) is 2.47. The molecule has 1 aliphatic rings. The maximum absolute atomic E-state index is 5.75. The monoisotopic (exact) mass is 219 g/mol. The summed E-state index contributed by atoms with van der Waals surface area (Å²) in [6, 6.07) is 4.75. The number of nitrogens with zero attached hydrogens (tertiary/aromatic N) is 2. The van der Waals surface area contributed by atoms with Gasteiger partial charge in [-0.2, -0.15) is 0 Å². The summed E-state index contributed by atoms with van der Waals surface area (Å²) >= 11 is 0. The molecule has 1 aliphatic heterocycles. The fraction of sp³-hybridized carbons (Fsp3) is 0.615. The van der Waals surface area contributed by atoms with Crippen LogP contribution >= 0.6 is 0 Å². The van der Waals surface area contributed by atoms with E-state index in [1.165, 1.54) is 18.5 Å². The first kappa shape index (κ1) is 11.4. The van der Waals surface area contributed by atoms with Crippen LogP contribution in [0.5, 0.6) is 0 Å². The maximum atomic E-state index is 5.75. The Morgan fingerprint density at radius 2 is 2.25 bits per heavy atom. The number of aromatic nitrogens is 1. The van der Waals surface area contributed by atoms with Crippen LogP contribution in [-0.2, 0) is 6.54 Å². The molecule has 88 valence electrons. The van der Waals surface area contributed by atoms with Gasteiger partial charge in [-0.3, -0.25) is 4.98 Å². The van der Waals surface area contributed by atoms with E-state index in [-0.39, 0.29) is 0 Å². The van der Waals surface area contributed by atoms with Crippen molar-refractivity contribution in [1.82, 2.24) is 4.98 Å². The smallest absolute Gasteiger partial charge is 0.0772 e. The van der Waals surface area contributed by atoms with E-state index in [1.807, 2.05) is 12.3 Å². The fourth-order valence-electron chi connectivity index (χ4n) is 2.47. The highest BCUT2D eigenvalue weighted by atomic mass is 15.2. The Bertz CT molecular complexity index is 351. The predicted octanol–water partition coefficient (Wildman–Crippen LogP) is 2.17. The van der Waals surface area contributed by atoms with E-state index in [9.17, 15) is 0 Å². The molecule has 0 amide bonds. The van der Waals surface area contributed by atoms with Crippen LogP contribution in [0, 0.1) is 5.92 Å². The standard InChI is InChI=1S/C13H21N3/c1-10-5-6-11(2)16(9-10)13-4-3-7-15-12(13)8-14/h3-4,7,10-11H,5-6,8-9,14H2,1-2H3. The third kappa shape index (κ3) is 2.19. The van der Waals surface area contributed by atoms with Gasteiger partial charge in [0, 0.05) is 25.3 Å². The lowest BCUT2D eigenvalue weighted by atomic mass is 9.94. The van der Waals surface area contributed by atoms with Crippen LogP contribution in [0.3, 0.4) is 0 Å². The minimum Gasteiger partial charge on any atom is -0.367 e. The molecule has 2 rings (SSSR count). The first-order chi connectivity index (χ1) is 7.72. The molecule has 0 aromatic carbocycles. The SMILES string of the molecule is CC1CCC(C)N(c2cccnc2CN)C1. The number of piperidine rings is 1. The Hall–Kier alpha value is -1.09. The second kappa shape index (κ2) is 4.83. The van der Waals surface area contributed by atoms with Crippen molar-refractivity contribution >= 4 is 5.69 Å². The van der Waals surface area contributed by atoms with Crippen molar-refractivity contribution in [3.63, 3.8) is 0 Å². The minimum atomic E-state index is 0.522. The van der Waals surface area contributed by atoms with Gasteiger partial charge in [0.05, 0.1) is 11.4 Å². The van der Waals surface area contributed by atoms with Gasteiger partial charge in [-0.25, -0.2) is 0 Å². The normalized spacial score (nSPS) is 25.8. The molecule has 0 bridgehead atoms. The largest absolute Gasteiger partial charge is 0.367 e. The van der Waals surface area contributed by atoms with Crippen LogP contribution in [0.15, 0.2) is 18.3 Å². The quantitative estimate of drug-likeness (QED) is 0.829. The van der Waals surface area contributed by atoms with Crippen LogP contribution in [0.25, 0.3) is 0 Å². The second-order valence-electron chi connectivity index (χ2n) is 4.86. The summed E-state index contributed by atoms with van der Waals surface area (Å²) in [6.07, 6.45) is 4.42. The molecule has 1 aromatic rings. The van der Waals surface area contributed by atoms with Gasteiger partial charge in [-0.05, 0) is 37.8 Å². The van der Waals surface area contributed by atoms with E-state index in [2.05, 4.69) is 29.8 Å². The summed E-state index contributed by atoms with van der Waals surface area (Å²) in [5, 5.41) is 0. The van der Waals surface area contributed by atoms with Gasteiger partial charge in [0.1, 0.15) is 0 Å². The van der Waals surface area contributed by atoms with Gasteiger partial charge < -0.3 is 10.6 Å². The summed E-state index contributed by atoms with van der Waals surface area (Å²) in [4.78, 5) is 6.83. The van der Waals surface area contributed by atoms with E-state index in [4.69, 9.17) is 5.73 Å². The number of nitrogens with two attached hydrogens (primary N) is 1. The van der Waals surface area contributed by atoms with Gasteiger partial charge in [0.15, 0.2) is 0 Å². The molecule has 16 heavy (non-hydrogen) atoms. The molecule has 1 aromatic heterocycles. The second-order valence-corrected chi connectivity index (χ2v) is 4.86. The van der Waals surface area contributed by atoms with Gasteiger partial charge in [0.2, 0.25) is 0 Å². The van der Waals surface area contributed by atoms with E-state index in [0.29, 0.717) is 12.6 Å². The third-order valence-electron chi connectivity index (χ3n) is 3.49. The average molecular weight is 219 g/mol. The van der Waals surface area contributed by atoms with Crippen LogP contribution in [0.4, 0.5) is 5.69 Å². The minimum absolute atomic E-state index is 0.522. The molecule has 3 heteroatoms. The Kier molecular flexibility index (Phi) is 3.44. The van der Waals surface area contributed by atoms with Crippen molar-refractivity contribution < 1.29 is 0 Å². The van der Waals surface area contributed by atoms with Crippen molar-refractivity contribution in [2.24, 2.45) is 11.7 Å². The summed E-state index contributed by atoms with van der Waals surface area (Å²) < 4.78 is 0. The molecule has 0 radical (unpaired) electrons. The Morgan fingerprint density at radius 3 is 3.00 bits per heavy atom. The lowest BCUT2D eigenvalue weighted by Gasteiger charge is -2.39. The van der Waals surface area contributed by atoms with E-state index in [1.54, 1.807) is 0 Å². The zero-order valence-electron chi connectivity index (χ0n) is 10.2. The number of anilines is 1. The van der Waals surface area contributed by atoms with Crippen molar-refractivity contribution in [2.75, 3.05) is 11.4 Å². The zero-order chi connectivity index (χ0) is 11.5. The highest BCUT2D eigenvalue weighted by molar-refractivity contribution is 5.51. The van der Waals surface area contributed by atoms with Gasteiger partial charge >= 0.3 is 0 Å². The third-order valence-corrected chi connectivity index (χ3v) is 3.49. The molecule has 0 aliphatic carbocycles. The summed E-state index contributed by atoms with van der Waals surface area (Å²) in [6.45, 7) is 6.25. The van der Waals surface area contributed by atoms with Gasteiger partial charge in [-0.15, -0.1) is 0 Å².